The number of ether oxygens (including phenoxy) is 2. The Bertz CT molecular complexity index is 545. The summed E-state index contributed by atoms with van der Waals surface area (Å²) in [6.07, 6.45) is 32.6. The lowest BCUT2D eigenvalue weighted by molar-refractivity contribution is -0.301. The number of hydrogen-bond donors (Lipinski definition) is 4. The van der Waals surface area contributed by atoms with Gasteiger partial charge in [0.1, 0.15) is 24.4 Å². The molecule has 1 aliphatic heterocycles. The first-order valence-corrected chi connectivity index (χ1v) is 18.5. The highest BCUT2D eigenvalue weighted by atomic mass is 16.7. The van der Waals surface area contributed by atoms with Crippen LogP contribution in [0.2, 0.25) is 0 Å². The SMILES string of the molecule is CCCCCCCCCCCCCCCCCCCCCCCCCCCCCCO[C@H]1O[C@H](CO)[C@@H](O)[C@H](O)[C@H]1O. The van der Waals surface area contributed by atoms with Gasteiger partial charge in [0.15, 0.2) is 6.29 Å². The van der Waals surface area contributed by atoms with Crippen molar-refractivity contribution in [3.63, 3.8) is 0 Å². The van der Waals surface area contributed by atoms with Crippen molar-refractivity contribution in [3.8, 4) is 0 Å². The van der Waals surface area contributed by atoms with Crippen LogP contribution >= 0.6 is 0 Å². The highest BCUT2D eigenvalue weighted by Gasteiger charge is 2.43. The molecular formula is C36H72O6. The molecule has 0 spiro atoms. The third-order valence-electron chi connectivity index (χ3n) is 9.13. The van der Waals surface area contributed by atoms with Crippen LogP contribution in [0.4, 0.5) is 0 Å². The van der Waals surface area contributed by atoms with E-state index < -0.39 is 37.3 Å². The van der Waals surface area contributed by atoms with Gasteiger partial charge in [0.05, 0.1) is 6.61 Å². The zero-order valence-corrected chi connectivity index (χ0v) is 27.7. The van der Waals surface area contributed by atoms with Crippen molar-refractivity contribution < 1.29 is 29.9 Å². The predicted molar refractivity (Wildman–Crippen MR) is 175 cm³/mol. The third-order valence-corrected chi connectivity index (χ3v) is 9.13. The summed E-state index contributed by atoms with van der Waals surface area (Å²) in [4.78, 5) is 0. The summed E-state index contributed by atoms with van der Waals surface area (Å²) in [5.41, 5.74) is 0. The molecule has 1 fully saturated rings. The van der Waals surface area contributed by atoms with Crippen LogP contribution in [0.1, 0.15) is 187 Å². The van der Waals surface area contributed by atoms with Crippen LogP contribution in [0.15, 0.2) is 0 Å². The van der Waals surface area contributed by atoms with Crippen LogP contribution in [0.5, 0.6) is 0 Å². The topological polar surface area (TPSA) is 99.4 Å². The van der Waals surface area contributed by atoms with Gasteiger partial charge in [-0.05, 0) is 6.42 Å². The van der Waals surface area contributed by atoms with Crippen molar-refractivity contribution in [2.75, 3.05) is 13.2 Å². The van der Waals surface area contributed by atoms with Crippen molar-refractivity contribution in [3.05, 3.63) is 0 Å². The van der Waals surface area contributed by atoms with Crippen LogP contribution < -0.4 is 0 Å². The maximum Gasteiger partial charge on any atom is 0.186 e. The van der Waals surface area contributed by atoms with E-state index in [-0.39, 0.29) is 0 Å². The molecule has 0 amide bonds. The molecule has 0 aliphatic carbocycles. The highest BCUT2D eigenvalue weighted by molar-refractivity contribution is 4.88. The van der Waals surface area contributed by atoms with Crippen LogP contribution in [-0.4, -0.2) is 64.3 Å². The average molecular weight is 601 g/mol. The third kappa shape index (κ3) is 21.5. The molecule has 0 aromatic heterocycles. The van der Waals surface area contributed by atoms with E-state index >= 15 is 0 Å². The molecule has 0 saturated carbocycles. The lowest BCUT2D eigenvalue weighted by atomic mass is 9.99. The maximum absolute atomic E-state index is 9.98. The predicted octanol–water partition coefficient (Wildman–Crippen LogP) is 8.75. The van der Waals surface area contributed by atoms with Gasteiger partial charge in [0.25, 0.3) is 0 Å². The van der Waals surface area contributed by atoms with Gasteiger partial charge in [-0.15, -0.1) is 0 Å². The van der Waals surface area contributed by atoms with Gasteiger partial charge >= 0.3 is 0 Å². The highest BCUT2D eigenvalue weighted by Crippen LogP contribution is 2.22. The summed E-state index contributed by atoms with van der Waals surface area (Å²) in [6.45, 7) is 2.30. The summed E-state index contributed by atoms with van der Waals surface area (Å²) < 4.78 is 10.9. The molecular weight excluding hydrogens is 528 g/mol. The van der Waals surface area contributed by atoms with E-state index in [1.54, 1.807) is 0 Å². The molecule has 42 heavy (non-hydrogen) atoms. The Morgan fingerprint density at radius 3 is 1.05 bits per heavy atom. The van der Waals surface area contributed by atoms with Crippen LogP contribution in [0.3, 0.4) is 0 Å². The van der Waals surface area contributed by atoms with E-state index in [2.05, 4.69) is 6.92 Å². The van der Waals surface area contributed by atoms with Gasteiger partial charge in [0, 0.05) is 6.61 Å². The number of aliphatic hydroxyl groups is 4. The molecule has 1 aliphatic rings. The number of hydrogen-bond acceptors (Lipinski definition) is 6. The van der Waals surface area contributed by atoms with Crippen molar-refractivity contribution in [1.29, 1.82) is 0 Å². The summed E-state index contributed by atoms with van der Waals surface area (Å²) >= 11 is 0. The standard InChI is InChI=1S/C36H72O6/c1-2-3-4-5-6-7-8-9-10-11-12-13-14-15-16-17-18-19-20-21-22-23-24-25-26-27-28-29-30-41-36-35(40)34(39)33(38)32(31-37)42-36/h32-40H,2-31H2,1H3/t32-,33-,34+,35-,36+/m1/s1. The second kappa shape index (κ2) is 29.5. The first kappa shape index (κ1) is 39.8. The molecule has 252 valence electrons. The first-order valence-electron chi connectivity index (χ1n) is 18.5. The zero-order chi connectivity index (χ0) is 30.5. The smallest absolute Gasteiger partial charge is 0.186 e. The molecule has 0 aromatic rings. The molecule has 5 atom stereocenters. The van der Waals surface area contributed by atoms with Gasteiger partial charge < -0.3 is 29.9 Å². The van der Waals surface area contributed by atoms with Gasteiger partial charge in [-0.1, -0.05) is 180 Å². The van der Waals surface area contributed by atoms with Crippen molar-refractivity contribution in [1.82, 2.24) is 0 Å². The number of rotatable bonds is 31. The first-order chi connectivity index (χ1) is 20.6. The second-order valence-corrected chi connectivity index (χ2v) is 13.1. The van der Waals surface area contributed by atoms with Gasteiger partial charge in [-0.3, -0.25) is 0 Å². The molecule has 1 heterocycles. The van der Waals surface area contributed by atoms with Crippen molar-refractivity contribution in [2.24, 2.45) is 0 Å². The average Bonchev–Trinajstić information content (AvgIpc) is 3.00. The Morgan fingerprint density at radius 2 is 0.738 bits per heavy atom. The molecule has 0 radical (unpaired) electrons. The van der Waals surface area contributed by atoms with Gasteiger partial charge in [-0.25, -0.2) is 0 Å². The summed E-state index contributed by atoms with van der Waals surface area (Å²) in [7, 11) is 0. The minimum Gasteiger partial charge on any atom is -0.394 e. The van der Waals surface area contributed by atoms with Crippen LogP contribution in [0, 0.1) is 0 Å². The molecule has 0 unspecified atom stereocenters. The lowest BCUT2D eigenvalue weighted by Gasteiger charge is -2.39. The fourth-order valence-corrected chi connectivity index (χ4v) is 6.18. The zero-order valence-electron chi connectivity index (χ0n) is 27.7. The second-order valence-electron chi connectivity index (χ2n) is 13.1. The van der Waals surface area contributed by atoms with Crippen LogP contribution in [0.25, 0.3) is 0 Å². The summed E-state index contributed by atoms with van der Waals surface area (Å²) in [5.74, 6) is 0. The Morgan fingerprint density at radius 1 is 0.429 bits per heavy atom. The van der Waals surface area contributed by atoms with E-state index in [9.17, 15) is 20.4 Å². The molecule has 6 nitrogen and oxygen atoms in total. The monoisotopic (exact) mass is 601 g/mol. The van der Waals surface area contributed by atoms with E-state index in [0.29, 0.717) is 6.61 Å². The molecule has 6 heteroatoms. The fourth-order valence-electron chi connectivity index (χ4n) is 6.18. The summed E-state index contributed by atoms with van der Waals surface area (Å²) in [5, 5.41) is 38.8. The normalized spacial score (nSPS) is 22.6. The van der Waals surface area contributed by atoms with E-state index in [1.165, 1.54) is 167 Å². The quantitative estimate of drug-likeness (QED) is 0.0594. The number of unbranched alkanes of at least 4 members (excludes halogenated alkanes) is 27. The van der Waals surface area contributed by atoms with E-state index in [4.69, 9.17) is 9.47 Å². The van der Waals surface area contributed by atoms with Crippen LogP contribution in [-0.2, 0) is 9.47 Å². The molecule has 1 rings (SSSR count). The Hall–Kier alpha value is -0.240. The van der Waals surface area contributed by atoms with Gasteiger partial charge in [-0.2, -0.15) is 0 Å². The minimum absolute atomic E-state index is 0.426. The largest absolute Gasteiger partial charge is 0.394 e. The Balaban J connectivity index is 1.71. The molecule has 0 bridgehead atoms. The van der Waals surface area contributed by atoms with Crippen molar-refractivity contribution >= 4 is 0 Å². The van der Waals surface area contributed by atoms with Crippen molar-refractivity contribution in [2.45, 2.75) is 217 Å². The minimum atomic E-state index is -1.37. The lowest BCUT2D eigenvalue weighted by Crippen LogP contribution is -2.59. The Labute approximate surface area is 260 Å². The van der Waals surface area contributed by atoms with E-state index in [0.717, 1.165) is 12.8 Å². The van der Waals surface area contributed by atoms with E-state index in [1.807, 2.05) is 0 Å². The summed E-state index contributed by atoms with van der Waals surface area (Å²) in [6, 6.07) is 0. The molecule has 4 N–H and O–H groups in total. The molecule has 0 aromatic carbocycles. The maximum atomic E-state index is 9.98. The Kier molecular flexibility index (Phi) is 27.9. The number of aliphatic hydroxyl groups excluding tert-OH is 4. The molecule has 1 saturated heterocycles. The fraction of sp³-hybridized carbons (Fsp3) is 1.00. The van der Waals surface area contributed by atoms with Gasteiger partial charge in [0.2, 0.25) is 0 Å².